The van der Waals surface area contributed by atoms with E-state index < -0.39 is 0 Å². The smallest absolute Gasteiger partial charge is 0.150 e. The quantitative estimate of drug-likeness (QED) is 0.741. The molecule has 1 aromatic carbocycles. The van der Waals surface area contributed by atoms with Crippen molar-refractivity contribution >= 4 is 6.29 Å². The van der Waals surface area contributed by atoms with Crippen molar-refractivity contribution in [3.05, 3.63) is 35.4 Å². The molecule has 0 aromatic heterocycles. The third kappa shape index (κ3) is 5.45. The Labute approximate surface area is 84.3 Å². The summed E-state index contributed by atoms with van der Waals surface area (Å²) in [7, 11) is 3.25. The van der Waals surface area contributed by atoms with Crippen LogP contribution >= 0.6 is 0 Å². The zero-order chi connectivity index (χ0) is 10.8. The maximum absolute atomic E-state index is 10.2. The van der Waals surface area contributed by atoms with Gasteiger partial charge in [0.15, 0.2) is 0 Å². The van der Waals surface area contributed by atoms with Crippen molar-refractivity contribution in [1.82, 2.24) is 0 Å². The van der Waals surface area contributed by atoms with Crippen LogP contribution in [0, 0.1) is 0 Å². The average molecular weight is 196 g/mol. The predicted octanol–water partition coefficient (Wildman–Crippen LogP) is 1.30. The first kappa shape index (κ1) is 12.8. The molecule has 3 heteroatoms. The summed E-state index contributed by atoms with van der Waals surface area (Å²) >= 11 is 0. The van der Waals surface area contributed by atoms with Gasteiger partial charge in [0.25, 0.3) is 0 Å². The molecular weight excluding hydrogens is 180 g/mol. The van der Waals surface area contributed by atoms with Crippen LogP contribution in [0.3, 0.4) is 0 Å². The number of aldehydes is 1. The maximum atomic E-state index is 10.2. The van der Waals surface area contributed by atoms with Gasteiger partial charge >= 0.3 is 0 Å². The molecule has 0 bridgehead atoms. The fourth-order valence-electron chi connectivity index (χ4n) is 0.892. The number of aliphatic hydroxyl groups excluding tert-OH is 1. The number of benzene rings is 1. The van der Waals surface area contributed by atoms with Crippen LogP contribution in [-0.4, -0.2) is 32.2 Å². The number of aliphatic hydroxyl groups is 1. The first-order chi connectivity index (χ1) is 6.78. The van der Waals surface area contributed by atoms with Crippen molar-refractivity contribution in [3.63, 3.8) is 0 Å². The van der Waals surface area contributed by atoms with E-state index in [4.69, 9.17) is 5.11 Å². The third-order valence-electron chi connectivity index (χ3n) is 1.52. The summed E-state index contributed by atoms with van der Waals surface area (Å²) in [5.74, 6) is 0. The van der Waals surface area contributed by atoms with Crippen LogP contribution in [0.4, 0.5) is 0 Å². The second-order valence-corrected chi connectivity index (χ2v) is 2.74. The van der Waals surface area contributed by atoms with Gasteiger partial charge in [0.2, 0.25) is 0 Å². The topological polar surface area (TPSA) is 46.5 Å². The normalized spacial score (nSPS) is 8.79. The summed E-state index contributed by atoms with van der Waals surface area (Å²) in [4.78, 5) is 10.2. The first-order valence-corrected chi connectivity index (χ1v) is 4.33. The highest BCUT2D eigenvalue weighted by atomic mass is 16.4. The summed E-state index contributed by atoms with van der Waals surface area (Å²) in [6, 6.07) is 7.19. The van der Waals surface area contributed by atoms with Crippen LogP contribution in [0.15, 0.2) is 24.3 Å². The van der Waals surface area contributed by atoms with E-state index in [0.29, 0.717) is 12.0 Å². The van der Waals surface area contributed by atoms with E-state index in [1.54, 1.807) is 26.4 Å². The lowest BCUT2D eigenvalue weighted by Crippen LogP contribution is -1.90. The monoisotopic (exact) mass is 196 g/mol. The van der Waals surface area contributed by atoms with Crippen LogP contribution in [0.5, 0.6) is 0 Å². The molecule has 14 heavy (non-hydrogen) atoms. The lowest BCUT2D eigenvalue weighted by atomic mass is 10.1. The van der Waals surface area contributed by atoms with E-state index in [2.05, 4.69) is 4.74 Å². The summed E-state index contributed by atoms with van der Waals surface area (Å²) in [6.07, 6.45) is 1.46. The molecule has 0 aliphatic heterocycles. The van der Waals surface area contributed by atoms with E-state index in [1.807, 2.05) is 12.1 Å². The second kappa shape index (κ2) is 8.41. The number of hydrogen-bond acceptors (Lipinski definition) is 3. The minimum atomic E-state index is 0.153. The summed E-state index contributed by atoms with van der Waals surface area (Å²) in [5, 5.41) is 8.58. The Morgan fingerprint density at radius 1 is 1.29 bits per heavy atom. The first-order valence-electron chi connectivity index (χ1n) is 4.33. The van der Waals surface area contributed by atoms with Crippen LogP contribution < -0.4 is 0 Å². The van der Waals surface area contributed by atoms with Crippen molar-refractivity contribution in [1.29, 1.82) is 0 Å². The zero-order valence-corrected chi connectivity index (χ0v) is 8.56. The van der Waals surface area contributed by atoms with Gasteiger partial charge in [0.1, 0.15) is 6.29 Å². The molecule has 3 nitrogen and oxygen atoms in total. The molecule has 0 amide bonds. The van der Waals surface area contributed by atoms with E-state index >= 15 is 0 Å². The summed E-state index contributed by atoms with van der Waals surface area (Å²) < 4.78 is 4.25. The fraction of sp³-hybridized carbons (Fsp3) is 0.364. The Hall–Kier alpha value is -1.19. The Bertz CT molecular complexity index is 241. The van der Waals surface area contributed by atoms with Crippen LogP contribution in [0.2, 0.25) is 0 Å². The van der Waals surface area contributed by atoms with Crippen molar-refractivity contribution in [2.75, 3.05) is 20.8 Å². The van der Waals surface area contributed by atoms with Gasteiger partial charge in [-0.2, -0.15) is 0 Å². The van der Waals surface area contributed by atoms with Gasteiger partial charge < -0.3 is 9.84 Å². The molecule has 0 atom stereocenters. The highest BCUT2D eigenvalue weighted by Gasteiger charge is 1.91. The van der Waals surface area contributed by atoms with Crippen LogP contribution in [-0.2, 0) is 11.2 Å². The number of methoxy groups -OCH3 is 1. The van der Waals surface area contributed by atoms with Crippen LogP contribution in [0.1, 0.15) is 15.9 Å². The lowest BCUT2D eigenvalue weighted by Gasteiger charge is -1.96. The maximum Gasteiger partial charge on any atom is 0.150 e. The average Bonchev–Trinajstić information content (AvgIpc) is 2.21. The molecule has 0 aliphatic rings. The Kier molecular flexibility index (Phi) is 7.70. The molecular formula is C11H16O3. The number of ether oxygens (including phenoxy) is 1. The van der Waals surface area contributed by atoms with E-state index in [9.17, 15) is 4.79 Å². The van der Waals surface area contributed by atoms with Gasteiger partial charge in [-0.05, 0) is 12.0 Å². The molecule has 78 valence electrons. The Morgan fingerprint density at radius 2 is 1.79 bits per heavy atom. The second-order valence-electron chi connectivity index (χ2n) is 2.74. The molecule has 0 spiro atoms. The molecule has 1 aromatic rings. The Morgan fingerprint density at radius 3 is 2.14 bits per heavy atom. The van der Waals surface area contributed by atoms with Gasteiger partial charge in [0, 0.05) is 26.4 Å². The van der Waals surface area contributed by atoms with Gasteiger partial charge in [-0.1, -0.05) is 24.3 Å². The molecule has 0 aliphatic carbocycles. The molecule has 1 N–H and O–H groups in total. The molecule has 0 saturated carbocycles. The van der Waals surface area contributed by atoms with Crippen LogP contribution in [0.25, 0.3) is 0 Å². The van der Waals surface area contributed by atoms with Gasteiger partial charge in [-0.15, -0.1) is 0 Å². The summed E-state index contributed by atoms with van der Waals surface area (Å²) in [6.45, 7) is 0.153. The lowest BCUT2D eigenvalue weighted by molar-refractivity contribution is 0.112. The molecule has 0 unspecified atom stereocenters. The number of rotatable bonds is 3. The Balaban J connectivity index is 0.000000500. The number of carbonyl (C=O) groups excluding carboxylic acids is 1. The third-order valence-corrected chi connectivity index (χ3v) is 1.52. The van der Waals surface area contributed by atoms with Gasteiger partial charge in [0.05, 0.1) is 0 Å². The SMILES string of the molecule is COC.O=Cc1ccc(CCO)cc1. The fourth-order valence-corrected chi connectivity index (χ4v) is 0.892. The predicted molar refractivity (Wildman–Crippen MR) is 55.6 cm³/mol. The number of hydrogen-bond donors (Lipinski definition) is 1. The van der Waals surface area contributed by atoms with Crippen molar-refractivity contribution in [2.24, 2.45) is 0 Å². The van der Waals surface area contributed by atoms with Gasteiger partial charge in [-0.25, -0.2) is 0 Å². The minimum Gasteiger partial charge on any atom is -0.396 e. The molecule has 0 radical (unpaired) electrons. The number of carbonyl (C=O) groups is 1. The van der Waals surface area contributed by atoms with E-state index in [1.165, 1.54) is 0 Å². The van der Waals surface area contributed by atoms with E-state index in [0.717, 1.165) is 11.8 Å². The standard InChI is InChI=1S/C9H10O2.C2H6O/c10-6-5-8-1-3-9(7-11)4-2-8;1-3-2/h1-4,7,10H,5-6H2;1-2H3. The van der Waals surface area contributed by atoms with Crippen molar-refractivity contribution in [3.8, 4) is 0 Å². The van der Waals surface area contributed by atoms with Crippen molar-refractivity contribution in [2.45, 2.75) is 6.42 Å². The highest BCUT2D eigenvalue weighted by Crippen LogP contribution is 2.02. The van der Waals surface area contributed by atoms with E-state index in [-0.39, 0.29) is 6.61 Å². The molecule has 1 rings (SSSR count). The largest absolute Gasteiger partial charge is 0.396 e. The molecule has 0 fully saturated rings. The summed E-state index contributed by atoms with van der Waals surface area (Å²) in [5.41, 5.74) is 1.73. The zero-order valence-electron chi connectivity index (χ0n) is 8.56. The van der Waals surface area contributed by atoms with Crippen molar-refractivity contribution < 1.29 is 14.6 Å². The molecule has 0 saturated heterocycles. The minimum absolute atomic E-state index is 0.153. The highest BCUT2D eigenvalue weighted by molar-refractivity contribution is 5.74. The molecule has 0 heterocycles. The van der Waals surface area contributed by atoms with Gasteiger partial charge in [-0.3, -0.25) is 4.79 Å².